The number of carbonyl (C=O) groups excluding carboxylic acids is 2. The summed E-state index contributed by atoms with van der Waals surface area (Å²) in [5, 5.41) is 2.77. The number of para-hydroxylation sites is 1. The molecule has 2 aliphatic heterocycles. The van der Waals surface area contributed by atoms with Crippen molar-refractivity contribution in [1.29, 1.82) is 0 Å². The Morgan fingerprint density at radius 1 is 0.972 bits per heavy atom. The largest absolute Gasteiger partial charge is 0.486 e. The first-order chi connectivity index (χ1) is 17.3. The Bertz CT molecular complexity index is 1410. The van der Waals surface area contributed by atoms with Crippen LogP contribution in [0.25, 0.3) is 0 Å². The average molecular weight is 508 g/mol. The van der Waals surface area contributed by atoms with Gasteiger partial charge in [0.2, 0.25) is 11.8 Å². The third kappa shape index (κ3) is 4.59. The number of ether oxygens (including phenoxy) is 2. The summed E-state index contributed by atoms with van der Waals surface area (Å²) in [5.74, 6) is 0.0802. The van der Waals surface area contributed by atoms with E-state index in [-0.39, 0.29) is 29.7 Å². The molecule has 2 aliphatic rings. The molecule has 3 aromatic rings. The molecule has 5 rings (SSSR count). The molecule has 0 aliphatic carbocycles. The third-order valence-corrected chi connectivity index (χ3v) is 7.99. The van der Waals surface area contributed by atoms with Gasteiger partial charge < -0.3 is 19.7 Å². The molecule has 1 N–H and O–H groups in total. The molecule has 0 aromatic heterocycles. The molecular weight excluding hydrogens is 482 g/mol. The van der Waals surface area contributed by atoms with Crippen molar-refractivity contribution in [3.05, 3.63) is 72.8 Å². The van der Waals surface area contributed by atoms with Crippen LogP contribution in [0, 0.1) is 5.92 Å². The van der Waals surface area contributed by atoms with E-state index >= 15 is 0 Å². The van der Waals surface area contributed by atoms with Crippen molar-refractivity contribution >= 4 is 38.9 Å². The average Bonchev–Trinajstić information content (AvgIpc) is 3.30. The van der Waals surface area contributed by atoms with Gasteiger partial charge in [-0.3, -0.25) is 13.9 Å². The number of anilines is 3. The number of hydrogen-bond acceptors (Lipinski definition) is 6. The maximum absolute atomic E-state index is 13.1. The molecule has 1 saturated heterocycles. The number of sulfonamides is 1. The van der Waals surface area contributed by atoms with Crippen LogP contribution in [0.5, 0.6) is 11.5 Å². The lowest BCUT2D eigenvalue weighted by atomic mass is 10.1. The summed E-state index contributed by atoms with van der Waals surface area (Å²) in [6, 6.07) is 20.1. The van der Waals surface area contributed by atoms with Crippen LogP contribution in [0.2, 0.25) is 0 Å². The highest BCUT2D eigenvalue weighted by molar-refractivity contribution is 7.92. The maximum Gasteiger partial charge on any atom is 0.264 e. The van der Waals surface area contributed by atoms with Crippen LogP contribution in [0.4, 0.5) is 17.1 Å². The Kier molecular flexibility index (Phi) is 6.27. The van der Waals surface area contributed by atoms with E-state index in [2.05, 4.69) is 5.32 Å². The summed E-state index contributed by atoms with van der Waals surface area (Å²) in [6.45, 7) is 1.12. The molecule has 0 bridgehead atoms. The minimum Gasteiger partial charge on any atom is -0.486 e. The number of nitrogens with zero attached hydrogens (tertiary/aromatic N) is 2. The Morgan fingerprint density at radius 2 is 1.72 bits per heavy atom. The van der Waals surface area contributed by atoms with Crippen LogP contribution in [0.15, 0.2) is 77.7 Å². The van der Waals surface area contributed by atoms with E-state index in [1.165, 1.54) is 23.5 Å². The van der Waals surface area contributed by atoms with Crippen LogP contribution in [-0.4, -0.2) is 47.0 Å². The second-order valence-electron chi connectivity index (χ2n) is 8.56. The number of rotatable bonds is 6. The Balaban J connectivity index is 1.29. The monoisotopic (exact) mass is 507 g/mol. The number of nitrogens with one attached hydrogen (secondary N) is 1. The van der Waals surface area contributed by atoms with E-state index in [9.17, 15) is 18.0 Å². The molecule has 0 saturated carbocycles. The zero-order valence-electron chi connectivity index (χ0n) is 19.6. The van der Waals surface area contributed by atoms with Gasteiger partial charge in [0.1, 0.15) is 13.2 Å². The molecule has 0 unspecified atom stereocenters. The lowest BCUT2D eigenvalue weighted by Gasteiger charge is -2.22. The highest BCUT2D eigenvalue weighted by Crippen LogP contribution is 2.36. The molecule has 3 aromatic carbocycles. The molecule has 1 fully saturated rings. The summed E-state index contributed by atoms with van der Waals surface area (Å²) in [7, 11) is -2.35. The van der Waals surface area contributed by atoms with Gasteiger partial charge in [0.15, 0.2) is 11.5 Å². The normalized spacial score (nSPS) is 17.1. The first kappa shape index (κ1) is 23.7. The zero-order valence-corrected chi connectivity index (χ0v) is 20.4. The van der Waals surface area contributed by atoms with Gasteiger partial charge in [-0.15, -0.1) is 0 Å². The van der Waals surface area contributed by atoms with Gasteiger partial charge in [0.05, 0.1) is 16.5 Å². The maximum atomic E-state index is 13.1. The molecule has 36 heavy (non-hydrogen) atoms. The predicted octanol–water partition coefficient (Wildman–Crippen LogP) is 3.27. The van der Waals surface area contributed by atoms with Crippen LogP contribution in [-0.2, 0) is 19.6 Å². The minimum absolute atomic E-state index is 0.0482. The predicted molar refractivity (Wildman–Crippen MR) is 135 cm³/mol. The van der Waals surface area contributed by atoms with Crippen LogP contribution in [0.3, 0.4) is 0 Å². The van der Waals surface area contributed by atoms with Gasteiger partial charge in [-0.05, 0) is 42.5 Å². The second kappa shape index (κ2) is 9.54. The van der Waals surface area contributed by atoms with Gasteiger partial charge in [-0.2, -0.15) is 0 Å². The van der Waals surface area contributed by atoms with E-state index in [1.54, 1.807) is 59.5 Å². The number of amides is 2. The molecule has 186 valence electrons. The highest BCUT2D eigenvalue weighted by Gasteiger charge is 2.36. The van der Waals surface area contributed by atoms with Gasteiger partial charge in [0, 0.05) is 37.5 Å². The standard InChI is InChI=1S/C26H25N3O6S/c1-28(20-7-3-2-4-8-20)36(32,33)22-9-5-6-19(15-22)27-26(31)18-14-25(30)29(17-18)21-10-11-23-24(16-21)35-13-12-34-23/h2-11,15-16,18H,12-14,17H2,1H3,(H,27,31)/t18-/m0/s1. The highest BCUT2D eigenvalue weighted by atomic mass is 32.2. The van der Waals surface area contributed by atoms with Gasteiger partial charge in [-0.1, -0.05) is 24.3 Å². The molecule has 0 radical (unpaired) electrons. The van der Waals surface area contributed by atoms with Gasteiger partial charge >= 0.3 is 0 Å². The topological polar surface area (TPSA) is 105 Å². The van der Waals surface area contributed by atoms with Gasteiger partial charge in [0.25, 0.3) is 10.0 Å². The summed E-state index contributed by atoms with van der Waals surface area (Å²) >= 11 is 0. The fourth-order valence-electron chi connectivity index (χ4n) is 4.25. The van der Waals surface area contributed by atoms with Crippen molar-refractivity contribution in [2.24, 2.45) is 5.92 Å². The summed E-state index contributed by atoms with van der Waals surface area (Å²) in [5.41, 5.74) is 1.50. The van der Waals surface area contributed by atoms with E-state index in [0.717, 1.165) is 0 Å². The van der Waals surface area contributed by atoms with Crippen LogP contribution >= 0.6 is 0 Å². The molecule has 10 heteroatoms. The number of benzene rings is 3. The van der Waals surface area contributed by atoms with E-state index in [0.29, 0.717) is 41.8 Å². The number of fused-ring (bicyclic) bond motifs is 1. The lowest BCUT2D eigenvalue weighted by Crippen LogP contribution is -2.28. The molecule has 2 amide bonds. The third-order valence-electron chi connectivity index (χ3n) is 6.21. The molecule has 1 atom stereocenters. The van der Waals surface area contributed by atoms with Crippen molar-refractivity contribution in [2.75, 3.05) is 41.3 Å². The quantitative estimate of drug-likeness (QED) is 0.549. The summed E-state index contributed by atoms with van der Waals surface area (Å²) < 4.78 is 38.5. The van der Waals surface area contributed by atoms with Crippen LogP contribution in [0.1, 0.15) is 6.42 Å². The SMILES string of the molecule is CN(c1ccccc1)S(=O)(=O)c1cccc(NC(=O)[C@H]2CC(=O)N(c3ccc4c(c3)OCCO4)C2)c1. The Hall–Kier alpha value is -4.05. The van der Waals surface area contributed by atoms with E-state index in [4.69, 9.17) is 9.47 Å². The smallest absolute Gasteiger partial charge is 0.264 e. The van der Waals surface area contributed by atoms with Crippen molar-refractivity contribution < 1.29 is 27.5 Å². The molecule has 0 spiro atoms. The first-order valence-corrected chi connectivity index (χ1v) is 12.9. The fraction of sp³-hybridized carbons (Fsp3) is 0.231. The minimum atomic E-state index is -3.83. The Morgan fingerprint density at radius 3 is 2.50 bits per heavy atom. The zero-order chi connectivity index (χ0) is 25.3. The molecular formula is C26H25N3O6S. The summed E-state index contributed by atoms with van der Waals surface area (Å²) in [6.07, 6.45) is 0.0506. The van der Waals surface area contributed by atoms with E-state index in [1.807, 2.05) is 6.07 Å². The number of carbonyl (C=O) groups is 2. The fourth-order valence-corrected chi connectivity index (χ4v) is 5.49. The lowest BCUT2D eigenvalue weighted by molar-refractivity contribution is -0.122. The summed E-state index contributed by atoms with van der Waals surface area (Å²) in [4.78, 5) is 27.3. The first-order valence-electron chi connectivity index (χ1n) is 11.5. The molecule has 2 heterocycles. The van der Waals surface area contributed by atoms with Crippen LogP contribution < -0.4 is 24.0 Å². The van der Waals surface area contributed by atoms with Crippen molar-refractivity contribution in [1.82, 2.24) is 0 Å². The second-order valence-corrected chi connectivity index (χ2v) is 10.5. The number of hydrogen-bond donors (Lipinski definition) is 1. The van der Waals surface area contributed by atoms with E-state index < -0.39 is 15.9 Å². The Labute approximate surface area is 209 Å². The van der Waals surface area contributed by atoms with Gasteiger partial charge in [-0.25, -0.2) is 8.42 Å². The van der Waals surface area contributed by atoms with Crippen molar-refractivity contribution in [2.45, 2.75) is 11.3 Å². The van der Waals surface area contributed by atoms with Crippen molar-refractivity contribution in [3.8, 4) is 11.5 Å². The van der Waals surface area contributed by atoms with Crippen molar-refractivity contribution in [3.63, 3.8) is 0 Å². The molecule has 9 nitrogen and oxygen atoms in total.